The van der Waals surface area contributed by atoms with Crippen molar-refractivity contribution in [2.45, 2.75) is 12.1 Å². The van der Waals surface area contributed by atoms with E-state index < -0.39 is 17.1 Å². The predicted molar refractivity (Wildman–Crippen MR) is 107 cm³/mol. The van der Waals surface area contributed by atoms with Crippen molar-refractivity contribution in [3.05, 3.63) is 94.5 Å². The molecule has 0 saturated carbocycles. The second-order valence-corrected chi connectivity index (χ2v) is 6.52. The fraction of sp³-hybridized carbons (Fsp3) is 0.136. The Hall–Kier alpha value is -3.87. The Morgan fingerprint density at radius 3 is 2.41 bits per heavy atom. The monoisotopic (exact) mass is 390 g/mol. The number of benzene rings is 3. The van der Waals surface area contributed by atoms with E-state index >= 15 is 0 Å². The molecule has 0 N–H and O–H groups in total. The number of nitro benzene ring substituents is 1. The fourth-order valence-electron chi connectivity index (χ4n) is 3.48. The summed E-state index contributed by atoms with van der Waals surface area (Å²) in [4.78, 5) is 25.2. The minimum Gasteiger partial charge on any atom is -0.496 e. The van der Waals surface area contributed by atoms with Gasteiger partial charge in [0.25, 0.3) is 11.6 Å². The second-order valence-electron chi connectivity index (χ2n) is 6.52. The van der Waals surface area contributed by atoms with E-state index in [0.29, 0.717) is 17.2 Å². The third-order valence-corrected chi connectivity index (χ3v) is 4.83. The molecule has 0 aliphatic carbocycles. The van der Waals surface area contributed by atoms with E-state index in [1.165, 1.54) is 17.0 Å². The lowest BCUT2D eigenvalue weighted by atomic mass is 9.89. The van der Waals surface area contributed by atoms with Gasteiger partial charge >= 0.3 is 0 Å². The number of nitrogens with zero attached hydrogens (tertiary/aromatic N) is 2. The van der Waals surface area contributed by atoms with E-state index in [1.54, 1.807) is 31.4 Å². The number of hydrogen-bond donors (Lipinski definition) is 0. The van der Waals surface area contributed by atoms with Gasteiger partial charge in [0.15, 0.2) is 0 Å². The third-order valence-electron chi connectivity index (χ3n) is 4.83. The Balaban J connectivity index is 1.75. The van der Waals surface area contributed by atoms with E-state index in [4.69, 9.17) is 9.47 Å². The van der Waals surface area contributed by atoms with Gasteiger partial charge in [0.1, 0.15) is 17.5 Å². The Morgan fingerprint density at radius 1 is 0.966 bits per heavy atom. The average molecular weight is 390 g/mol. The number of rotatable bonds is 6. The highest BCUT2D eigenvalue weighted by Crippen LogP contribution is 2.44. The van der Waals surface area contributed by atoms with Crippen LogP contribution in [0.3, 0.4) is 0 Å². The molecule has 1 aliphatic heterocycles. The lowest BCUT2D eigenvalue weighted by Crippen LogP contribution is -2.61. The molecule has 29 heavy (non-hydrogen) atoms. The molecule has 0 bridgehead atoms. The minimum atomic E-state index is -0.770. The quantitative estimate of drug-likeness (QED) is 0.359. The lowest BCUT2D eigenvalue weighted by Gasteiger charge is -2.46. The van der Waals surface area contributed by atoms with Crippen molar-refractivity contribution in [1.29, 1.82) is 0 Å². The summed E-state index contributed by atoms with van der Waals surface area (Å²) in [5.41, 5.74) is 1.12. The van der Waals surface area contributed by atoms with Crippen LogP contribution in [0.5, 0.6) is 11.5 Å². The molecule has 1 heterocycles. The maximum Gasteiger partial charge on any atom is 0.271 e. The zero-order valence-corrected chi connectivity index (χ0v) is 15.6. The molecule has 1 fully saturated rings. The summed E-state index contributed by atoms with van der Waals surface area (Å²) in [5.74, 6) is 0.914. The standard InChI is InChI=1S/C22H18N2O5/c1-28-19-13-6-5-12-18(19)20-21(29-17-10-3-2-4-11-17)22(25)23(20)15-8-7-9-16(14-15)24(26)27/h2-14,20-21H,1H3/t20-,21+/m0/s1. The molecular weight excluding hydrogens is 372 g/mol. The molecule has 3 aromatic rings. The van der Waals surface area contributed by atoms with Gasteiger partial charge in [-0.15, -0.1) is 0 Å². The first-order valence-corrected chi connectivity index (χ1v) is 9.02. The summed E-state index contributed by atoms with van der Waals surface area (Å²) in [5, 5.41) is 11.2. The van der Waals surface area contributed by atoms with Crippen LogP contribution in [0.15, 0.2) is 78.9 Å². The van der Waals surface area contributed by atoms with Crippen molar-refractivity contribution in [2.24, 2.45) is 0 Å². The van der Waals surface area contributed by atoms with Gasteiger partial charge in [-0.2, -0.15) is 0 Å². The lowest BCUT2D eigenvalue weighted by molar-refractivity contribution is -0.384. The molecule has 2 atom stereocenters. The van der Waals surface area contributed by atoms with Crippen LogP contribution in [0.1, 0.15) is 11.6 Å². The number of methoxy groups -OCH3 is 1. The number of hydrogen-bond acceptors (Lipinski definition) is 5. The highest BCUT2D eigenvalue weighted by Gasteiger charge is 2.52. The molecule has 0 spiro atoms. The van der Waals surface area contributed by atoms with Gasteiger partial charge in [0.2, 0.25) is 6.10 Å². The van der Waals surface area contributed by atoms with Gasteiger partial charge < -0.3 is 9.47 Å². The third kappa shape index (κ3) is 3.38. The van der Waals surface area contributed by atoms with Crippen LogP contribution in [-0.2, 0) is 4.79 Å². The van der Waals surface area contributed by atoms with Crippen molar-refractivity contribution in [3.8, 4) is 11.5 Å². The number of carbonyl (C=O) groups is 1. The summed E-state index contributed by atoms with van der Waals surface area (Å²) in [7, 11) is 1.56. The zero-order chi connectivity index (χ0) is 20.4. The highest BCUT2D eigenvalue weighted by molar-refractivity contribution is 6.05. The Bertz CT molecular complexity index is 1050. The molecule has 7 heteroatoms. The first kappa shape index (κ1) is 18.5. The molecule has 3 aromatic carbocycles. The van der Waals surface area contributed by atoms with E-state index in [2.05, 4.69) is 0 Å². The molecule has 1 aliphatic rings. The molecule has 4 rings (SSSR count). The number of carbonyl (C=O) groups excluding carboxylic acids is 1. The SMILES string of the molecule is COc1ccccc1[C@H]1[C@@H](Oc2ccccc2)C(=O)N1c1cccc([N+](=O)[O-])c1. The minimum absolute atomic E-state index is 0.0819. The topological polar surface area (TPSA) is 81.9 Å². The average Bonchev–Trinajstić information content (AvgIpc) is 2.76. The van der Waals surface area contributed by atoms with Crippen LogP contribution >= 0.6 is 0 Å². The molecule has 0 aromatic heterocycles. The second kappa shape index (κ2) is 7.63. The molecule has 7 nitrogen and oxygen atoms in total. The highest BCUT2D eigenvalue weighted by atomic mass is 16.6. The fourth-order valence-corrected chi connectivity index (χ4v) is 3.48. The predicted octanol–water partition coefficient (Wildman–Crippen LogP) is 4.14. The number of nitro groups is 1. The van der Waals surface area contributed by atoms with E-state index in [1.807, 2.05) is 42.5 Å². The van der Waals surface area contributed by atoms with E-state index in [9.17, 15) is 14.9 Å². The summed E-state index contributed by atoms with van der Waals surface area (Å²) in [6.45, 7) is 0. The van der Waals surface area contributed by atoms with Crippen molar-refractivity contribution in [1.82, 2.24) is 0 Å². The number of para-hydroxylation sites is 2. The van der Waals surface area contributed by atoms with Crippen molar-refractivity contribution < 1.29 is 19.2 Å². The maximum absolute atomic E-state index is 13.0. The molecule has 1 amide bonds. The summed E-state index contributed by atoms with van der Waals surface area (Å²) < 4.78 is 11.5. The number of amides is 1. The summed E-state index contributed by atoms with van der Waals surface area (Å²) in [6, 6.07) is 22.0. The number of non-ortho nitro benzene ring substituents is 1. The van der Waals surface area contributed by atoms with Crippen LogP contribution in [0.2, 0.25) is 0 Å². The first-order valence-electron chi connectivity index (χ1n) is 9.02. The molecule has 1 saturated heterocycles. The van der Waals surface area contributed by atoms with Gasteiger partial charge in [-0.3, -0.25) is 19.8 Å². The number of anilines is 1. The van der Waals surface area contributed by atoms with Crippen LogP contribution in [-0.4, -0.2) is 24.0 Å². The van der Waals surface area contributed by atoms with Gasteiger partial charge in [0.05, 0.1) is 17.7 Å². The largest absolute Gasteiger partial charge is 0.496 e. The Labute approximate surface area is 167 Å². The van der Waals surface area contributed by atoms with Crippen LogP contribution < -0.4 is 14.4 Å². The molecule has 146 valence electrons. The molecular formula is C22H18N2O5. The molecule has 0 radical (unpaired) electrons. The van der Waals surface area contributed by atoms with Crippen molar-refractivity contribution in [2.75, 3.05) is 12.0 Å². The van der Waals surface area contributed by atoms with Crippen LogP contribution in [0.25, 0.3) is 0 Å². The van der Waals surface area contributed by atoms with Gasteiger partial charge in [-0.1, -0.05) is 42.5 Å². The summed E-state index contributed by atoms with van der Waals surface area (Å²) >= 11 is 0. The summed E-state index contributed by atoms with van der Waals surface area (Å²) in [6.07, 6.45) is -0.770. The number of ether oxygens (including phenoxy) is 2. The van der Waals surface area contributed by atoms with E-state index in [0.717, 1.165) is 5.56 Å². The normalized spacial score (nSPS) is 18.1. The van der Waals surface area contributed by atoms with Crippen LogP contribution in [0, 0.1) is 10.1 Å². The van der Waals surface area contributed by atoms with Gasteiger partial charge in [-0.05, 0) is 24.3 Å². The first-order chi connectivity index (χ1) is 14.1. The van der Waals surface area contributed by atoms with Gasteiger partial charge in [0, 0.05) is 17.7 Å². The van der Waals surface area contributed by atoms with Gasteiger partial charge in [-0.25, -0.2) is 0 Å². The van der Waals surface area contributed by atoms with Crippen LogP contribution in [0.4, 0.5) is 11.4 Å². The zero-order valence-electron chi connectivity index (χ0n) is 15.6. The van der Waals surface area contributed by atoms with E-state index in [-0.39, 0.29) is 11.6 Å². The number of β-lactam (4-membered cyclic amide) rings is 1. The Kier molecular flexibility index (Phi) is 4.87. The molecule has 0 unspecified atom stereocenters. The smallest absolute Gasteiger partial charge is 0.271 e. The Morgan fingerprint density at radius 2 is 1.69 bits per heavy atom. The maximum atomic E-state index is 13.0. The van der Waals surface area contributed by atoms with Crippen molar-refractivity contribution >= 4 is 17.3 Å². The van der Waals surface area contributed by atoms with Crippen molar-refractivity contribution in [3.63, 3.8) is 0 Å².